The fourth-order valence-electron chi connectivity index (χ4n) is 2.28. The SMILES string of the molecule is COc1cc(C(=O)Nc2nc(Cc3n[nH]c(=S)n3C)cs2)ccc1C. The van der Waals surface area contributed by atoms with Crippen LogP contribution >= 0.6 is 23.6 Å². The van der Waals surface area contributed by atoms with Crippen LogP contribution in [-0.4, -0.2) is 32.8 Å². The number of carbonyl (C=O) groups excluding carboxylic acids is 1. The molecule has 0 aliphatic carbocycles. The van der Waals surface area contributed by atoms with Gasteiger partial charge in [0.05, 0.1) is 19.2 Å². The van der Waals surface area contributed by atoms with Crippen molar-refractivity contribution >= 4 is 34.6 Å². The summed E-state index contributed by atoms with van der Waals surface area (Å²) >= 11 is 6.47. The molecule has 0 aliphatic rings. The molecule has 1 aromatic carbocycles. The Morgan fingerprint density at radius 1 is 1.48 bits per heavy atom. The van der Waals surface area contributed by atoms with E-state index in [1.54, 1.807) is 23.8 Å². The van der Waals surface area contributed by atoms with Crippen molar-refractivity contribution in [1.82, 2.24) is 19.7 Å². The Morgan fingerprint density at radius 2 is 2.28 bits per heavy atom. The standard InChI is InChI=1S/C16H17N5O2S2/c1-9-4-5-10(6-12(9)23-3)14(22)18-15-17-11(8-25-15)7-13-19-20-16(24)21(13)2/h4-6,8H,7H2,1-3H3,(H,20,24)(H,17,18,22). The van der Waals surface area contributed by atoms with Gasteiger partial charge in [0, 0.05) is 18.0 Å². The van der Waals surface area contributed by atoms with E-state index in [1.165, 1.54) is 11.3 Å². The number of aromatic amines is 1. The van der Waals surface area contributed by atoms with Crippen LogP contribution in [0.3, 0.4) is 0 Å². The molecule has 2 aromatic heterocycles. The number of carbonyl (C=O) groups is 1. The molecule has 1 amide bonds. The van der Waals surface area contributed by atoms with Crippen molar-refractivity contribution in [2.75, 3.05) is 12.4 Å². The fraction of sp³-hybridized carbons (Fsp3) is 0.250. The van der Waals surface area contributed by atoms with E-state index in [-0.39, 0.29) is 5.91 Å². The maximum atomic E-state index is 12.4. The summed E-state index contributed by atoms with van der Waals surface area (Å²) in [5.74, 6) is 1.24. The molecule has 9 heteroatoms. The minimum absolute atomic E-state index is 0.225. The van der Waals surface area contributed by atoms with Crippen LogP contribution in [0.4, 0.5) is 5.13 Å². The highest BCUT2D eigenvalue weighted by molar-refractivity contribution is 7.71. The van der Waals surface area contributed by atoms with E-state index in [1.807, 2.05) is 25.4 Å². The Kier molecular flexibility index (Phi) is 4.95. The molecule has 0 spiro atoms. The fourth-order valence-corrected chi connectivity index (χ4v) is 3.13. The Balaban J connectivity index is 1.71. The van der Waals surface area contributed by atoms with E-state index in [0.29, 0.717) is 27.6 Å². The van der Waals surface area contributed by atoms with Crippen LogP contribution in [0.2, 0.25) is 0 Å². The molecule has 2 heterocycles. The first-order valence-corrected chi connectivity index (χ1v) is 8.77. The second-order valence-electron chi connectivity index (χ2n) is 5.46. The number of benzene rings is 1. The number of rotatable bonds is 5. The normalized spacial score (nSPS) is 10.7. The molecule has 25 heavy (non-hydrogen) atoms. The first-order chi connectivity index (χ1) is 12.0. The molecule has 0 saturated heterocycles. The third-order valence-electron chi connectivity index (χ3n) is 3.75. The highest BCUT2D eigenvalue weighted by Gasteiger charge is 2.12. The van der Waals surface area contributed by atoms with Gasteiger partial charge in [0.15, 0.2) is 9.90 Å². The van der Waals surface area contributed by atoms with Crippen molar-refractivity contribution < 1.29 is 9.53 Å². The van der Waals surface area contributed by atoms with Crippen LogP contribution in [0.5, 0.6) is 5.75 Å². The molecule has 130 valence electrons. The number of methoxy groups -OCH3 is 1. The van der Waals surface area contributed by atoms with Crippen LogP contribution in [-0.2, 0) is 13.5 Å². The molecule has 0 fully saturated rings. The predicted molar refractivity (Wildman–Crippen MR) is 99.0 cm³/mol. The summed E-state index contributed by atoms with van der Waals surface area (Å²) in [5, 5.41) is 12.2. The molecule has 0 atom stereocenters. The van der Waals surface area contributed by atoms with Gasteiger partial charge in [-0.1, -0.05) is 6.07 Å². The number of ether oxygens (including phenoxy) is 1. The van der Waals surface area contributed by atoms with Gasteiger partial charge in [-0.15, -0.1) is 11.3 Å². The summed E-state index contributed by atoms with van der Waals surface area (Å²) in [6.07, 6.45) is 0.536. The average molecular weight is 375 g/mol. The highest BCUT2D eigenvalue weighted by atomic mass is 32.1. The van der Waals surface area contributed by atoms with E-state index in [4.69, 9.17) is 17.0 Å². The van der Waals surface area contributed by atoms with Crippen molar-refractivity contribution in [1.29, 1.82) is 0 Å². The number of H-pyrrole nitrogens is 1. The smallest absolute Gasteiger partial charge is 0.257 e. The van der Waals surface area contributed by atoms with E-state index in [0.717, 1.165) is 17.1 Å². The zero-order valence-corrected chi connectivity index (χ0v) is 15.6. The predicted octanol–water partition coefficient (Wildman–Crippen LogP) is 3.09. The van der Waals surface area contributed by atoms with E-state index >= 15 is 0 Å². The molecule has 3 aromatic rings. The number of aryl methyl sites for hydroxylation is 1. The summed E-state index contributed by atoms with van der Waals surface area (Å²) < 4.78 is 7.62. The van der Waals surface area contributed by atoms with Gasteiger partial charge in [0.25, 0.3) is 5.91 Å². The van der Waals surface area contributed by atoms with E-state index in [2.05, 4.69) is 20.5 Å². The Bertz CT molecular complexity index is 973. The van der Waals surface area contributed by atoms with E-state index in [9.17, 15) is 4.79 Å². The molecule has 0 bridgehead atoms. The molecule has 0 saturated carbocycles. The lowest BCUT2D eigenvalue weighted by Gasteiger charge is -2.07. The molecule has 7 nitrogen and oxygen atoms in total. The summed E-state index contributed by atoms with van der Waals surface area (Å²) in [6.45, 7) is 1.93. The van der Waals surface area contributed by atoms with Gasteiger partial charge in [0.2, 0.25) is 0 Å². The van der Waals surface area contributed by atoms with Crippen LogP contribution in [0.1, 0.15) is 27.4 Å². The number of nitrogens with one attached hydrogen (secondary N) is 2. The summed E-state index contributed by atoms with van der Waals surface area (Å²) in [6, 6.07) is 5.33. The second kappa shape index (κ2) is 7.16. The molecule has 2 N–H and O–H groups in total. The van der Waals surface area contributed by atoms with Crippen molar-refractivity contribution in [3.8, 4) is 5.75 Å². The Morgan fingerprint density at radius 3 is 2.96 bits per heavy atom. The maximum Gasteiger partial charge on any atom is 0.257 e. The minimum Gasteiger partial charge on any atom is -0.496 e. The molecule has 0 aliphatic heterocycles. The van der Waals surface area contributed by atoms with Crippen molar-refractivity contribution in [3.05, 3.63) is 51.0 Å². The van der Waals surface area contributed by atoms with Crippen molar-refractivity contribution in [3.63, 3.8) is 0 Å². The van der Waals surface area contributed by atoms with Gasteiger partial charge < -0.3 is 9.30 Å². The number of amides is 1. The van der Waals surface area contributed by atoms with Crippen LogP contribution in [0, 0.1) is 11.7 Å². The van der Waals surface area contributed by atoms with Gasteiger partial charge in [-0.25, -0.2) is 4.98 Å². The number of nitrogens with zero attached hydrogens (tertiary/aromatic N) is 3. The molecule has 0 radical (unpaired) electrons. The van der Waals surface area contributed by atoms with Crippen molar-refractivity contribution in [2.24, 2.45) is 7.05 Å². The molecular formula is C16H17N5O2S2. The maximum absolute atomic E-state index is 12.4. The third-order valence-corrected chi connectivity index (χ3v) is 4.93. The van der Waals surface area contributed by atoms with Gasteiger partial charge >= 0.3 is 0 Å². The Labute approximate surface area is 153 Å². The summed E-state index contributed by atoms with van der Waals surface area (Å²) in [4.78, 5) is 16.8. The topological polar surface area (TPSA) is 84.8 Å². The lowest BCUT2D eigenvalue weighted by atomic mass is 10.1. The quantitative estimate of drug-likeness (QED) is 0.670. The Hall–Kier alpha value is -2.52. The average Bonchev–Trinajstić information content (AvgIpc) is 3.17. The highest BCUT2D eigenvalue weighted by Crippen LogP contribution is 2.21. The second-order valence-corrected chi connectivity index (χ2v) is 6.71. The van der Waals surface area contributed by atoms with E-state index < -0.39 is 0 Å². The number of hydrogen-bond acceptors (Lipinski definition) is 6. The first-order valence-electron chi connectivity index (χ1n) is 7.48. The van der Waals surface area contributed by atoms with Crippen LogP contribution in [0.25, 0.3) is 0 Å². The largest absolute Gasteiger partial charge is 0.496 e. The molecule has 0 unspecified atom stereocenters. The summed E-state index contributed by atoms with van der Waals surface area (Å²) in [7, 11) is 3.43. The zero-order valence-electron chi connectivity index (χ0n) is 14.0. The van der Waals surface area contributed by atoms with Gasteiger partial charge in [-0.05, 0) is 36.8 Å². The van der Waals surface area contributed by atoms with Gasteiger partial charge in [-0.2, -0.15) is 5.10 Å². The van der Waals surface area contributed by atoms with Crippen LogP contribution < -0.4 is 10.1 Å². The monoisotopic (exact) mass is 375 g/mol. The lowest BCUT2D eigenvalue weighted by Crippen LogP contribution is -2.12. The van der Waals surface area contributed by atoms with Gasteiger partial charge in [0.1, 0.15) is 11.6 Å². The third kappa shape index (κ3) is 3.77. The number of anilines is 1. The minimum atomic E-state index is -0.225. The first kappa shape index (κ1) is 17.3. The number of aromatic nitrogens is 4. The summed E-state index contributed by atoms with van der Waals surface area (Å²) in [5.41, 5.74) is 2.32. The lowest BCUT2D eigenvalue weighted by molar-refractivity contribution is 0.102. The van der Waals surface area contributed by atoms with Crippen LogP contribution in [0.15, 0.2) is 23.6 Å². The van der Waals surface area contributed by atoms with Crippen molar-refractivity contribution in [2.45, 2.75) is 13.3 Å². The number of hydrogen-bond donors (Lipinski definition) is 2. The zero-order chi connectivity index (χ0) is 18.0. The molecule has 3 rings (SSSR count). The molecular weight excluding hydrogens is 358 g/mol. The van der Waals surface area contributed by atoms with Gasteiger partial charge in [-0.3, -0.25) is 15.2 Å². The number of thiazole rings is 1.